The number of nitrogens with zero attached hydrogens (tertiary/aromatic N) is 5. The fourth-order valence-corrected chi connectivity index (χ4v) is 7.02. The third kappa shape index (κ3) is 5.61. The standard InChI is InChI=1S/C32H27ClF2N6O6S/c1-46-27-11-4-18(12-19(27)14-36)30(42)38-24-15-37-41-26-17-39(48(3,44)45)16-25(26)40(31(43)29(24)41)22-8-5-20(6-9-22)32(34,35)21-7-10-23(33)28(13-21)47-2/h4-13,15,25-26H,16-17H2,1-3H3,(H,38,42)/t25-,26-/m0/s1. The molecule has 6 rings (SSSR count). The number of rotatable bonds is 8. The number of amides is 2. The number of benzene rings is 3. The average Bonchev–Trinajstić information content (AvgIpc) is 3.70. The summed E-state index contributed by atoms with van der Waals surface area (Å²) in [6.45, 7) is -0.0879. The Bertz CT molecular complexity index is 2100. The minimum Gasteiger partial charge on any atom is -0.495 e. The molecule has 16 heteroatoms. The van der Waals surface area contributed by atoms with Crippen molar-refractivity contribution in [2.75, 3.05) is 43.8 Å². The SMILES string of the molecule is COc1cc(C(F)(F)c2ccc(N3C(=O)c4c(NC(=O)c5ccc(OC)c(C#N)c5)cnn4[C@H]4CN(S(C)(=O)=O)C[C@@H]43)cc2)ccc1Cl. The molecule has 0 unspecified atom stereocenters. The molecule has 3 aromatic carbocycles. The minimum atomic E-state index is -3.68. The molecule has 0 aliphatic carbocycles. The van der Waals surface area contributed by atoms with Gasteiger partial charge in [0.2, 0.25) is 10.0 Å². The van der Waals surface area contributed by atoms with Gasteiger partial charge in [0.1, 0.15) is 17.6 Å². The average molecular weight is 697 g/mol. The maximum absolute atomic E-state index is 15.6. The number of aromatic nitrogens is 2. The Hall–Kier alpha value is -5.04. The molecule has 1 saturated heterocycles. The predicted octanol–water partition coefficient (Wildman–Crippen LogP) is 4.66. The lowest BCUT2D eigenvalue weighted by atomic mass is 9.98. The van der Waals surface area contributed by atoms with Crippen LogP contribution in [0.3, 0.4) is 0 Å². The molecular weight excluding hydrogens is 670 g/mol. The summed E-state index contributed by atoms with van der Waals surface area (Å²) in [5.41, 5.74) is -0.231. The number of nitriles is 1. The second kappa shape index (κ2) is 12.2. The summed E-state index contributed by atoms with van der Waals surface area (Å²) >= 11 is 6.02. The summed E-state index contributed by atoms with van der Waals surface area (Å²) in [4.78, 5) is 28.8. The van der Waals surface area contributed by atoms with Crippen molar-refractivity contribution >= 4 is 44.8 Å². The van der Waals surface area contributed by atoms with Gasteiger partial charge in [0, 0.05) is 35.5 Å². The molecule has 0 spiro atoms. The van der Waals surface area contributed by atoms with Crippen LogP contribution in [0.4, 0.5) is 20.2 Å². The molecule has 2 atom stereocenters. The van der Waals surface area contributed by atoms with Gasteiger partial charge >= 0.3 is 0 Å². The Labute approximate surface area is 279 Å². The van der Waals surface area contributed by atoms with Gasteiger partial charge in [-0.1, -0.05) is 29.8 Å². The minimum absolute atomic E-state index is 0.0199. The molecule has 248 valence electrons. The number of hydrogen-bond donors (Lipinski definition) is 1. The topological polar surface area (TPSA) is 147 Å². The van der Waals surface area contributed by atoms with Crippen LogP contribution in [0.5, 0.6) is 11.5 Å². The number of methoxy groups -OCH3 is 2. The second-order valence-electron chi connectivity index (χ2n) is 11.2. The first kappa shape index (κ1) is 32.9. The molecule has 3 heterocycles. The highest BCUT2D eigenvalue weighted by molar-refractivity contribution is 7.88. The van der Waals surface area contributed by atoms with Crippen molar-refractivity contribution < 1.29 is 36.3 Å². The molecule has 2 aliphatic heterocycles. The van der Waals surface area contributed by atoms with E-state index < -0.39 is 39.8 Å². The summed E-state index contributed by atoms with van der Waals surface area (Å²) in [5.74, 6) is -4.35. The number of halogens is 3. The van der Waals surface area contributed by atoms with Crippen molar-refractivity contribution in [2.45, 2.75) is 18.0 Å². The molecule has 0 bridgehead atoms. The molecule has 0 radical (unpaired) electrons. The highest BCUT2D eigenvalue weighted by atomic mass is 35.5. The number of alkyl halides is 2. The van der Waals surface area contributed by atoms with Crippen LogP contribution in [0, 0.1) is 11.3 Å². The number of carbonyl (C=O) groups is 2. The van der Waals surface area contributed by atoms with Gasteiger partial charge < -0.3 is 19.7 Å². The Morgan fingerprint density at radius 3 is 2.33 bits per heavy atom. The van der Waals surface area contributed by atoms with Crippen molar-refractivity contribution in [3.05, 3.63) is 99.8 Å². The molecule has 2 amide bonds. The molecular formula is C32H27ClF2N6O6S. The number of fused-ring (bicyclic) bond motifs is 3. The Kier molecular flexibility index (Phi) is 8.36. The maximum Gasteiger partial charge on any atom is 0.298 e. The molecule has 1 fully saturated rings. The van der Waals surface area contributed by atoms with Crippen molar-refractivity contribution in [1.82, 2.24) is 14.1 Å². The van der Waals surface area contributed by atoms with Crippen LogP contribution < -0.4 is 19.7 Å². The van der Waals surface area contributed by atoms with Crippen LogP contribution in [-0.2, 0) is 15.9 Å². The van der Waals surface area contributed by atoms with E-state index >= 15 is 8.78 Å². The zero-order chi connectivity index (χ0) is 34.5. The van der Waals surface area contributed by atoms with Crippen LogP contribution in [-0.4, -0.2) is 73.9 Å². The van der Waals surface area contributed by atoms with E-state index in [-0.39, 0.29) is 68.9 Å². The number of anilines is 2. The lowest BCUT2D eigenvalue weighted by Gasteiger charge is -2.37. The largest absolute Gasteiger partial charge is 0.495 e. The van der Waals surface area contributed by atoms with E-state index in [1.54, 1.807) is 0 Å². The first-order chi connectivity index (χ1) is 22.8. The first-order valence-electron chi connectivity index (χ1n) is 14.4. The van der Waals surface area contributed by atoms with Gasteiger partial charge in [-0.15, -0.1) is 0 Å². The normalized spacial score (nSPS) is 17.8. The zero-order valence-corrected chi connectivity index (χ0v) is 27.2. The molecule has 12 nitrogen and oxygen atoms in total. The van der Waals surface area contributed by atoms with E-state index in [9.17, 15) is 23.3 Å². The molecule has 2 aliphatic rings. The van der Waals surface area contributed by atoms with Gasteiger partial charge in [0.15, 0.2) is 5.69 Å². The fourth-order valence-electron chi connectivity index (χ4n) is 5.98. The van der Waals surface area contributed by atoms with Crippen LogP contribution in [0.1, 0.15) is 43.6 Å². The van der Waals surface area contributed by atoms with Gasteiger partial charge in [0.25, 0.3) is 17.7 Å². The van der Waals surface area contributed by atoms with Crippen LogP contribution in [0.25, 0.3) is 0 Å². The third-order valence-corrected chi connectivity index (χ3v) is 9.96. The van der Waals surface area contributed by atoms with Gasteiger partial charge in [0.05, 0.1) is 55.0 Å². The predicted molar refractivity (Wildman–Crippen MR) is 171 cm³/mol. The number of sulfonamides is 1. The quantitative estimate of drug-likeness (QED) is 0.280. The van der Waals surface area contributed by atoms with Gasteiger partial charge in [-0.2, -0.15) is 23.4 Å². The molecule has 1 aromatic heterocycles. The van der Waals surface area contributed by atoms with Crippen molar-refractivity contribution in [3.8, 4) is 17.6 Å². The Morgan fingerprint density at radius 2 is 1.69 bits per heavy atom. The van der Waals surface area contributed by atoms with Gasteiger partial charge in [-0.25, -0.2) is 8.42 Å². The fraction of sp³-hybridized carbons (Fsp3) is 0.250. The lowest BCUT2D eigenvalue weighted by molar-refractivity contribution is 0.0426. The molecule has 48 heavy (non-hydrogen) atoms. The molecule has 1 N–H and O–H groups in total. The lowest BCUT2D eigenvalue weighted by Crippen LogP contribution is -2.51. The monoisotopic (exact) mass is 696 g/mol. The Balaban J connectivity index is 1.36. The van der Waals surface area contributed by atoms with E-state index in [2.05, 4.69) is 10.4 Å². The van der Waals surface area contributed by atoms with Gasteiger partial charge in [-0.3, -0.25) is 14.3 Å². The number of nitrogens with one attached hydrogen (secondary N) is 1. The van der Waals surface area contributed by atoms with Crippen molar-refractivity contribution in [3.63, 3.8) is 0 Å². The van der Waals surface area contributed by atoms with E-state index in [0.717, 1.165) is 12.3 Å². The van der Waals surface area contributed by atoms with Crippen LogP contribution >= 0.6 is 11.6 Å². The van der Waals surface area contributed by atoms with Crippen LogP contribution in [0.2, 0.25) is 5.02 Å². The smallest absolute Gasteiger partial charge is 0.298 e. The third-order valence-electron chi connectivity index (χ3n) is 8.41. The van der Waals surface area contributed by atoms with E-state index in [0.29, 0.717) is 0 Å². The zero-order valence-electron chi connectivity index (χ0n) is 25.6. The highest BCUT2D eigenvalue weighted by Crippen LogP contribution is 2.42. The van der Waals surface area contributed by atoms with Crippen LogP contribution in [0.15, 0.2) is 66.9 Å². The summed E-state index contributed by atoms with van der Waals surface area (Å²) in [7, 11) is -0.970. The Morgan fingerprint density at radius 1 is 1.02 bits per heavy atom. The van der Waals surface area contributed by atoms with E-state index in [1.807, 2.05) is 6.07 Å². The first-order valence-corrected chi connectivity index (χ1v) is 16.6. The number of carbonyl (C=O) groups excluding carboxylic acids is 2. The van der Waals surface area contributed by atoms with E-state index in [4.69, 9.17) is 21.1 Å². The van der Waals surface area contributed by atoms with Crippen molar-refractivity contribution in [2.24, 2.45) is 0 Å². The molecule has 0 saturated carbocycles. The summed E-state index contributed by atoms with van der Waals surface area (Å²) in [5, 5.41) is 16.6. The highest BCUT2D eigenvalue weighted by Gasteiger charge is 2.50. The number of ether oxygens (including phenoxy) is 2. The van der Waals surface area contributed by atoms with E-state index in [1.165, 1.54) is 88.9 Å². The van der Waals surface area contributed by atoms with Crippen molar-refractivity contribution in [1.29, 1.82) is 5.26 Å². The summed E-state index contributed by atoms with van der Waals surface area (Å²) < 4.78 is 69.2. The summed E-state index contributed by atoms with van der Waals surface area (Å²) in [6, 6.07) is 13.6. The van der Waals surface area contributed by atoms with Gasteiger partial charge in [-0.05, 0) is 42.5 Å². The second-order valence-corrected chi connectivity index (χ2v) is 13.6. The number of hydrogen-bond acceptors (Lipinski definition) is 8. The maximum atomic E-state index is 15.6. The molecule has 4 aromatic rings. The summed E-state index contributed by atoms with van der Waals surface area (Å²) in [6.07, 6.45) is 2.34.